The summed E-state index contributed by atoms with van der Waals surface area (Å²) in [6.45, 7) is 0.172. The highest BCUT2D eigenvalue weighted by atomic mass is 19.1. The van der Waals surface area contributed by atoms with E-state index in [0.29, 0.717) is 29.8 Å². The molecule has 23 heavy (non-hydrogen) atoms. The number of aliphatic hydroxyl groups excluding tert-OH is 1. The van der Waals surface area contributed by atoms with E-state index in [4.69, 9.17) is 9.84 Å². The Balaban J connectivity index is 1.71. The first-order chi connectivity index (χ1) is 11.2. The van der Waals surface area contributed by atoms with Crippen LogP contribution in [0.5, 0.6) is 5.75 Å². The summed E-state index contributed by atoms with van der Waals surface area (Å²) >= 11 is 0. The van der Waals surface area contributed by atoms with Crippen LogP contribution in [0.25, 0.3) is 0 Å². The number of halogens is 1. The van der Waals surface area contributed by atoms with Crippen molar-refractivity contribution in [1.82, 2.24) is 0 Å². The lowest BCUT2D eigenvalue weighted by atomic mass is 9.94. The molecule has 0 heterocycles. The Morgan fingerprint density at radius 2 is 1.87 bits per heavy atom. The van der Waals surface area contributed by atoms with Crippen LogP contribution in [0.1, 0.15) is 18.4 Å². The van der Waals surface area contributed by atoms with E-state index < -0.39 is 5.41 Å². The highest BCUT2D eigenvalue weighted by Gasteiger charge is 2.52. The molecule has 0 aromatic heterocycles. The van der Waals surface area contributed by atoms with Crippen molar-refractivity contribution in [3.63, 3.8) is 0 Å². The predicted octanol–water partition coefficient (Wildman–Crippen LogP) is 2.87. The van der Waals surface area contributed by atoms with Crippen LogP contribution in [-0.4, -0.2) is 24.2 Å². The van der Waals surface area contributed by atoms with Crippen molar-refractivity contribution in [1.29, 1.82) is 0 Å². The van der Waals surface area contributed by atoms with Gasteiger partial charge in [0, 0.05) is 11.3 Å². The SMILES string of the molecule is O=C(Nc1ccc(OCCO)cc1)C1(c2ccccc2F)CC1. The van der Waals surface area contributed by atoms with Crippen LogP contribution in [0.4, 0.5) is 10.1 Å². The molecule has 0 radical (unpaired) electrons. The maximum Gasteiger partial charge on any atom is 0.235 e. The topological polar surface area (TPSA) is 58.6 Å². The molecule has 4 nitrogen and oxygen atoms in total. The van der Waals surface area contributed by atoms with Gasteiger partial charge in [-0.25, -0.2) is 4.39 Å². The van der Waals surface area contributed by atoms with E-state index in [1.807, 2.05) is 0 Å². The van der Waals surface area contributed by atoms with E-state index in [2.05, 4.69) is 5.32 Å². The van der Waals surface area contributed by atoms with Gasteiger partial charge in [-0.1, -0.05) is 18.2 Å². The van der Waals surface area contributed by atoms with Crippen LogP contribution in [0.3, 0.4) is 0 Å². The van der Waals surface area contributed by atoms with Gasteiger partial charge >= 0.3 is 0 Å². The van der Waals surface area contributed by atoms with Gasteiger partial charge in [-0.05, 0) is 43.2 Å². The zero-order valence-corrected chi connectivity index (χ0v) is 12.6. The van der Waals surface area contributed by atoms with Crippen molar-refractivity contribution in [2.75, 3.05) is 18.5 Å². The van der Waals surface area contributed by atoms with Gasteiger partial charge in [0.2, 0.25) is 5.91 Å². The van der Waals surface area contributed by atoms with Crippen LogP contribution < -0.4 is 10.1 Å². The highest BCUT2D eigenvalue weighted by molar-refractivity contribution is 6.01. The molecule has 2 aromatic rings. The predicted molar refractivity (Wildman–Crippen MR) is 85.0 cm³/mol. The molecule has 3 rings (SSSR count). The average Bonchev–Trinajstić information content (AvgIpc) is 3.36. The molecule has 2 N–H and O–H groups in total. The number of hydrogen-bond acceptors (Lipinski definition) is 3. The Bertz CT molecular complexity index is 696. The number of carbonyl (C=O) groups excluding carboxylic acids is 1. The molecule has 0 aliphatic heterocycles. The Morgan fingerprint density at radius 1 is 1.17 bits per heavy atom. The van der Waals surface area contributed by atoms with E-state index in [9.17, 15) is 9.18 Å². The number of aliphatic hydroxyl groups is 1. The van der Waals surface area contributed by atoms with E-state index in [0.717, 1.165) is 0 Å². The molecule has 5 heteroatoms. The second-order valence-corrected chi connectivity index (χ2v) is 5.61. The molecule has 2 aromatic carbocycles. The second-order valence-electron chi connectivity index (χ2n) is 5.61. The minimum atomic E-state index is -0.753. The van der Waals surface area contributed by atoms with Gasteiger partial charge in [-0.2, -0.15) is 0 Å². The largest absolute Gasteiger partial charge is 0.491 e. The Labute approximate surface area is 133 Å². The summed E-state index contributed by atoms with van der Waals surface area (Å²) in [6.07, 6.45) is 1.30. The molecule has 1 fully saturated rings. The number of amides is 1. The van der Waals surface area contributed by atoms with Gasteiger partial charge in [0.05, 0.1) is 12.0 Å². The van der Waals surface area contributed by atoms with Gasteiger partial charge in [0.25, 0.3) is 0 Å². The summed E-state index contributed by atoms with van der Waals surface area (Å²) in [7, 11) is 0. The number of anilines is 1. The number of hydrogen-bond donors (Lipinski definition) is 2. The monoisotopic (exact) mass is 315 g/mol. The lowest BCUT2D eigenvalue weighted by Crippen LogP contribution is -2.28. The first-order valence-electron chi connectivity index (χ1n) is 7.56. The van der Waals surface area contributed by atoms with Gasteiger partial charge in [0.15, 0.2) is 0 Å². The van der Waals surface area contributed by atoms with Crippen molar-refractivity contribution in [2.45, 2.75) is 18.3 Å². The van der Waals surface area contributed by atoms with Crippen LogP contribution in [0, 0.1) is 5.82 Å². The highest BCUT2D eigenvalue weighted by Crippen LogP contribution is 2.49. The summed E-state index contributed by atoms with van der Waals surface area (Å²) < 4.78 is 19.2. The summed E-state index contributed by atoms with van der Waals surface area (Å²) in [5.74, 6) is 0.0896. The molecular weight excluding hydrogens is 297 g/mol. The molecule has 1 amide bonds. The van der Waals surface area contributed by atoms with Crippen molar-refractivity contribution < 1.29 is 19.0 Å². The van der Waals surface area contributed by atoms with Gasteiger partial charge in [-0.15, -0.1) is 0 Å². The number of ether oxygens (including phenoxy) is 1. The summed E-state index contributed by atoms with van der Waals surface area (Å²) in [5.41, 5.74) is 0.339. The third-order valence-electron chi connectivity index (χ3n) is 4.05. The molecule has 0 bridgehead atoms. The van der Waals surface area contributed by atoms with Crippen LogP contribution in [0.2, 0.25) is 0 Å². The molecule has 0 saturated heterocycles. The maximum absolute atomic E-state index is 14.0. The van der Waals surface area contributed by atoms with Crippen LogP contribution >= 0.6 is 0 Å². The van der Waals surface area contributed by atoms with Crippen molar-refractivity contribution >= 4 is 11.6 Å². The molecule has 120 valence electrons. The molecule has 0 spiro atoms. The third-order valence-corrected chi connectivity index (χ3v) is 4.05. The number of rotatable bonds is 6. The first-order valence-corrected chi connectivity index (χ1v) is 7.56. The lowest BCUT2D eigenvalue weighted by Gasteiger charge is -2.16. The zero-order chi connectivity index (χ0) is 16.3. The number of carbonyl (C=O) groups is 1. The number of nitrogens with one attached hydrogen (secondary N) is 1. The summed E-state index contributed by atoms with van der Waals surface area (Å²) in [6, 6.07) is 13.3. The van der Waals surface area contributed by atoms with E-state index in [-0.39, 0.29) is 24.9 Å². The number of benzene rings is 2. The second kappa shape index (κ2) is 6.38. The van der Waals surface area contributed by atoms with Gasteiger partial charge < -0.3 is 15.2 Å². The molecule has 1 aliphatic rings. The smallest absolute Gasteiger partial charge is 0.235 e. The zero-order valence-electron chi connectivity index (χ0n) is 12.6. The minimum Gasteiger partial charge on any atom is -0.491 e. The molecule has 1 aliphatic carbocycles. The van der Waals surface area contributed by atoms with E-state index in [1.165, 1.54) is 6.07 Å². The molecule has 0 unspecified atom stereocenters. The van der Waals surface area contributed by atoms with Gasteiger partial charge in [-0.3, -0.25) is 4.79 Å². The fourth-order valence-electron chi connectivity index (χ4n) is 2.64. The minimum absolute atomic E-state index is 0.0519. The quantitative estimate of drug-likeness (QED) is 0.862. The Hall–Kier alpha value is -2.40. The maximum atomic E-state index is 14.0. The third kappa shape index (κ3) is 3.19. The van der Waals surface area contributed by atoms with Crippen molar-refractivity contribution in [2.24, 2.45) is 0 Å². The average molecular weight is 315 g/mol. The molecular formula is C18H18FNO3. The van der Waals surface area contributed by atoms with Crippen LogP contribution in [-0.2, 0) is 10.2 Å². The standard InChI is InChI=1S/C18H18FNO3/c19-16-4-2-1-3-15(16)18(9-10-18)17(22)20-13-5-7-14(8-6-13)23-12-11-21/h1-8,21H,9-12H2,(H,20,22). The Kier molecular flexibility index (Phi) is 4.30. The fourth-order valence-corrected chi connectivity index (χ4v) is 2.64. The van der Waals surface area contributed by atoms with Crippen molar-refractivity contribution in [3.8, 4) is 5.75 Å². The van der Waals surface area contributed by atoms with Crippen molar-refractivity contribution in [3.05, 3.63) is 59.9 Å². The Morgan fingerprint density at radius 3 is 2.48 bits per heavy atom. The van der Waals surface area contributed by atoms with E-state index >= 15 is 0 Å². The summed E-state index contributed by atoms with van der Waals surface area (Å²) in [5, 5.41) is 11.6. The van der Waals surface area contributed by atoms with Gasteiger partial charge in [0.1, 0.15) is 18.2 Å². The molecule has 1 saturated carbocycles. The molecule has 0 atom stereocenters. The normalized spacial score (nSPS) is 15.0. The van der Waals surface area contributed by atoms with Crippen LogP contribution in [0.15, 0.2) is 48.5 Å². The first kappa shape index (κ1) is 15.5. The van der Waals surface area contributed by atoms with E-state index in [1.54, 1.807) is 42.5 Å². The lowest BCUT2D eigenvalue weighted by molar-refractivity contribution is -0.118. The summed E-state index contributed by atoms with van der Waals surface area (Å²) in [4.78, 5) is 12.6. The fraction of sp³-hybridized carbons (Fsp3) is 0.278.